The van der Waals surface area contributed by atoms with E-state index in [-0.39, 0.29) is 18.2 Å². The molecule has 1 unspecified atom stereocenters. The van der Waals surface area contributed by atoms with Gasteiger partial charge in [-0.25, -0.2) is 13.1 Å². The van der Waals surface area contributed by atoms with Crippen molar-refractivity contribution in [3.63, 3.8) is 0 Å². The molecule has 1 heterocycles. The van der Waals surface area contributed by atoms with Crippen molar-refractivity contribution < 1.29 is 8.42 Å². The minimum atomic E-state index is -3.03. The molecule has 0 aromatic carbocycles. The van der Waals surface area contributed by atoms with Crippen LogP contribution in [0, 0.1) is 0 Å². The van der Waals surface area contributed by atoms with E-state index in [1.54, 1.807) is 6.92 Å². The summed E-state index contributed by atoms with van der Waals surface area (Å²) in [6, 6.07) is 0.501. The second kappa shape index (κ2) is 7.45. The maximum absolute atomic E-state index is 11.2. The molecular weight excluding hydrogens is 250 g/mol. The number of nitrogens with one attached hydrogen (secondary N) is 2. The number of rotatable bonds is 5. The Morgan fingerprint density at radius 3 is 2.75 bits per heavy atom. The molecule has 1 aliphatic heterocycles. The molecule has 98 valence electrons. The molecule has 0 radical (unpaired) electrons. The van der Waals surface area contributed by atoms with E-state index in [4.69, 9.17) is 0 Å². The fraction of sp³-hybridized carbons (Fsp3) is 1.00. The van der Waals surface area contributed by atoms with Gasteiger partial charge in [0.15, 0.2) is 0 Å². The molecule has 7 heteroatoms. The molecule has 5 nitrogen and oxygen atoms in total. The summed E-state index contributed by atoms with van der Waals surface area (Å²) in [7, 11) is -3.03. The molecule has 1 fully saturated rings. The molecule has 0 aliphatic carbocycles. The van der Waals surface area contributed by atoms with Crippen LogP contribution in [0.2, 0.25) is 0 Å². The Morgan fingerprint density at radius 2 is 2.19 bits per heavy atom. The van der Waals surface area contributed by atoms with Crippen LogP contribution in [-0.2, 0) is 10.0 Å². The number of hydrogen-bond acceptors (Lipinski definition) is 4. The van der Waals surface area contributed by atoms with Crippen LogP contribution in [0.25, 0.3) is 0 Å². The van der Waals surface area contributed by atoms with E-state index in [9.17, 15) is 8.42 Å². The highest BCUT2D eigenvalue weighted by Crippen LogP contribution is 1.97. The van der Waals surface area contributed by atoms with Gasteiger partial charge in [-0.05, 0) is 13.8 Å². The highest BCUT2D eigenvalue weighted by atomic mass is 35.5. The van der Waals surface area contributed by atoms with Gasteiger partial charge in [-0.15, -0.1) is 12.4 Å². The highest BCUT2D eigenvalue weighted by molar-refractivity contribution is 7.89. The minimum absolute atomic E-state index is 0. The van der Waals surface area contributed by atoms with Crippen LogP contribution in [0.5, 0.6) is 0 Å². The van der Waals surface area contributed by atoms with Crippen molar-refractivity contribution in [2.45, 2.75) is 19.9 Å². The molecule has 0 aromatic heterocycles. The Labute approximate surface area is 104 Å². The van der Waals surface area contributed by atoms with Gasteiger partial charge in [-0.3, -0.25) is 4.90 Å². The van der Waals surface area contributed by atoms with Crippen molar-refractivity contribution in [3.8, 4) is 0 Å². The van der Waals surface area contributed by atoms with Crippen LogP contribution < -0.4 is 10.0 Å². The normalized spacial score (nSPS) is 22.8. The van der Waals surface area contributed by atoms with Gasteiger partial charge in [0, 0.05) is 38.8 Å². The number of nitrogens with zero attached hydrogens (tertiary/aromatic N) is 1. The lowest BCUT2D eigenvalue weighted by molar-refractivity contribution is 0.210. The summed E-state index contributed by atoms with van der Waals surface area (Å²) in [5.41, 5.74) is 0. The molecule has 1 saturated heterocycles. The monoisotopic (exact) mass is 271 g/mol. The molecule has 1 atom stereocenters. The van der Waals surface area contributed by atoms with E-state index in [0.717, 1.165) is 26.2 Å². The van der Waals surface area contributed by atoms with Crippen molar-refractivity contribution in [1.82, 2.24) is 14.9 Å². The highest BCUT2D eigenvalue weighted by Gasteiger charge is 2.15. The number of piperazine rings is 1. The molecular formula is C9H22ClN3O2S. The first-order chi connectivity index (χ1) is 7.03. The van der Waals surface area contributed by atoms with Crippen molar-refractivity contribution in [2.24, 2.45) is 0 Å². The van der Waals surface area contributed by atoms with Crippen molar-refractivity contribution in [1.29, 1.82) is 0 Å². The standard InChI is InChI=1S/C9H21N3O2S.ClH/c1-3-15(13,14)11-5-7-12-6-4-10-9(2)8-12;/h9-11H,3-8H2,1-2H3;1H. The van der Waals surface area contributed by atoms with E-state index < -0.39 is 10.0 Å². The topological polar surface area (TPSA) is 61.4 Å². The maximum atomic E-state index is 11.2. The van der Waals surface area contributed by atoms with Crippen LogP contribution >= 0.6 is 12.4 Å². The second-order valence-electron chi connectivity index (χ2n) is 3.95. The van der Waals surface area contributed by atoms with Gasteiger partial charge in [0.1, 0.15) is 0 Å². The molecule has 0 aromatic rings. The van der Waals surface area contributed by atoms with Crippen LogP contribution in [0.15, 0.2) is 0 Å². The summed E-state index contributed by atoms with van der Waals surface area (Å²) in [4.78, 5) is 2.28. The lowest BCUT2D eigenvalue weighted by atomic mass is 10.2. The summed E-state index contributed by atoms with van der Waals surface area (Å²) < 4.78 is 24.9. The maximum Gasteiger partial charge on any atom is 0.211 e. The Kier molecular flexibility index (Phi) is 7.50. The van der Waals surface area contributed by atoms with Gasteiger partial charge in [0.25, 0.3) is 0 Å². The first-order valence-corrected chi connectivity index (χ1v) is 7.12. The Balaban J connectivity index is 0.00000225. The van der Waals surface area contributed by atoms with Gasteiger partial charge in [0.2, 0.25) is 10.0 Å². The van der Waals surface area contributed by atoms with Crippen molar-refractivity contribution in [2.75, 3.05) is 38.5 Å². The van der Waals surface area contributed by atoms with Crippen LogP contribution in [0.4, 0.5) is 0 Å². The number of halogens is 1. The Bertz CT molecular complexity index is 284. The van der Waals surface area contributed by atoms with Gasteiger partial charge in [0.05, 0.1) is 5.75 Å². The zero-order chi connectivity index (χ0) is 11.3. The predicted octanol–water partition coefficient (Wildman–Crippen LogP) is -0.359. The Hall–Kier alpha value is 0.120. The minimum Gasteiger partial charge on any atom is -0.312 e. The molecule has 1 aliphatic rings. The third-order valence-electron chi connectivity index (χ3n) is 2.58. The molecule has 0 saturated carbocycles. The molecule has 0 amide bonds. The van der Waals surface area contributed by atoms with Crippen molar-refractivity contribution >= 4 is 22.4 Å². The van der Waals surface area contributed by atoms with Crippen LogP contribution in [-0.4, -0.2) is 57.8 Å². The van der Waals surface area contributed by atoms with E-state index >= 15 is 0 Å². The molecule has 16 heavy (non-hydrogen) atoms. The predicted molar refractivity (Wildman–Crippen MR) is 68.6 cm³/mol. The Morgan fingerprint density at radius 1 is 1.50 bits per heavy atom. The van der Waals surface area contributed by atoms with Crippen LogP contribution in [0.3, 0.4) is 0 Å². The summed E-state index contributed by atoms with van der Waals surface area (Å²) in [6.45, 7) is 8.08. The first-order valence-electron chi connectivity index (χ1n) is 5.46. The SMILES string of the molecule is CCS(=O)(=O)NCCN1CCNC(C)C1.Cl. The summed E-state index contributed by atoms with van der Waals surface area (Å²) in [5.74, 6) is 0.158. The number of sulfonamides is 1. The van der Waals surface area contributed by atoms with Crippen molar-refractivity contribution in [3.05, 3.63) is 0 Å². The largest absolute Gasteiger partial charge is 0.312 e. The van der Waals surface area contributed by atoms with Gasteiger partial charge < -0.3 is 5.32 Å². The molecule has 2 N–H and O–H groups in total. The zero-order valence-electron chi connectivity index (χ0n) is 9.90. The smallest absolute Gasteiger partial charge is 0.211 e. The molecule has 1 rings (SSSR count). The average molecular weight is 272 g/mol. The summed E-state index contributed by atoms with van der Waals surface area (Å²) >= 11 is 0. The van der Waals surface area contributed by atoms with Gasteiger partial charge in [-0.2, -0.15) is 0 Å². The second-order valence-corrected chi connectivity index (χ2v) is 6.05. The lowest BCUT2D eigenvalue weighted by Crippen LogP contribution is -2.50. The van der Waals surface area contributed by atoms with E-state index in [2.05, 4.69) is 21.9 Å². The van der Waals surface area contributed by atoms with Gasteiger partial charge >= 0.3 is 0 Å². The van der Waals surface area contributed by atoms with E-state index in [1.165, 1.54) is 0 Å². The lowest BCUT2D eigenvalue weighted by Gasteiger charge is -2.31. The fourth-order valence-electron chi connectivity index (χ4n) is 1.68. The number of hydrogen-bond donors (Lipinski definition) is 2. The first kappa shape index (κ1) is 16.1. The third kappa shape index (κ3) is 6.00. The van der Waals surface area contributed by atoms with Gasteiger partial charge in [-0.1, -0.05) is 0 Å². The summed E-state index contributed by atoms with van der Waals surface area (Å²) in [6.07, 6.45) is 0. The quantitative estimate of drug-likeness (QED) is 0.717. The van der Waals surface area contributed by atoms with E-state index in [0.29, 0.717) is 12.6 Å². The zero-order valence-corrected chi connectivity index (χ0v) is 11.5. The third-order valence-corrected chi connectivity index (χ3v) is 3.99. The summed E-state index contributed by atoms with van der Waals surface area (Å²) in [5, 5.41) is 3.35. The average Bonchev–Trinajstić information content (AvgIpc) is 2.18. The fourth-order valence-corrected chi connectivity index (χ4v) is 2.28. The molecule has 0 bridgehead atoms. The molecule has 0 spiro atoms. The van der Waals surface area contributed by atoms with E-state index in [1.807, 2.05) is 0 Å². The van der Waals surface area contributed by atoms with Crippen LogP contribution in [0.1, 0.15) is 13.8 Å².